The van der Waals surface area contributed by atoms with Gasteiger partial charge in [0.05, 0.1) is 12.1 Å². The van der Waals surface area contributed by atoms with E-state index in [2.05, 4.69) is 23.2 Å². The molecule has 1 saturated heterocycles. The number of methoxy groups -OCH3 is 1. The summed E-state index contributed by atoms with van der Waals surface area (Å²) in [6.07, 6.45) is 0. The summed E-state index contributed by atoms with van der Waals surface area (Å²) in [5, 5.41) is 4.11. The first-order valence-electron chi connectivity index (χ1n) is 6.39. The van der Waals surface area contributed by atoms with Crippen LogP contribution in [-0.4, -0.2) is 38.2 Å². The van der Waals surface area contributed by atoms with E-state index in [1.807, 2.05) is 6.92 Å². The summed E-state index contributed by atoms with van der Waals surface area (Å²) in [7, 11) is 1.70. The zero-order chi connectivity index (χ0) is 13.1. The molecule has 1 heterocycles. The van der Waals surface area contributed by atoms with E-state index in [9.17, 15) is 0 Å². The molecule has 3 nitrogen and oxygen atoms in total. The lowest BCUT2D eigenvalue weighted by Gasteiger charge is -2.28. The lowest BCUT2D eigenvalue weighted by atomic mass is 10.0. The summed E-state index contributed by atoms with van der Waals surface area (Å²) < 4.78 is 5.51. The third-order valence-electron chi connectivity index (χ3n) is 3.52. The molecule has 1 aromatic rings. The second kappa shape index (κ2) is 5.91. The van der Waals surface area contributed by atoms with Crippen LogP contribution in [0.4, 0.5) is 0 Å². The van der Waals surface area contributed by atoms with Crippen molar-refractivity contribution in [2.24, 2.45) is 0 Å². The van der Waals surface area contributed by atoms with Gasteiger partial charge in [-0.1, -0.05) is 17.7 Å². The fraction of sp³-hybridized carbons (Fsp3) is 0.571. The SMILES string of the molecule is COc1c(Cl)c(C)cc(C)c1CN1CCNCC1. The number of rotatable bonds is 3. The molecule has 1 aromatic carbocycles. The highest BCUT2D eigenvalue weighted by Crippen LogP contribution is 2.34. The molecule has 1 fully saturated rings. The maximum atomic E-state index is 6.33. The zero-order valence-corrected chi connectivity index (χ0v) is 12.1. The van der Waals surface area contributed by atoms with Crippen LogP contribution in [0.2, 0.25) is 5.02 Å². The minimum Gasteiger partial charge on any atom is -0.495 e. The first kappa shape index (κ1) is 13.7. The van der Waals surface area contributed by atoms with Gasteiger partial charge in [-0.2, -0.15) is 0 Å². The number of nitrogens with one attached hydrogen (secondary N) is 1. The number of halogens is 1. The Morgan fingerprint density at radius 3 is 2.56 bits per heavy atom. The van der Waals surface area contributed by atoms with Gasteiger partial charge in [0.2, 0.25) is 0 Å². The number of piperazine rings is 1. The van der Waals surface area contributed by atoms with Gasteiger partial charge in [0.15, 0.2) is 0 Å². The lowest BCUT2D eigenvalue weighted by Crippen LogP contribution is -2.43. The largest absolute Gasteiger partial charge is 0.495 e. The Kier molecular flexibility index (Phi) is 4.49. The molecular weight excluding hydrogens is 248 g/mol. The molecule has 0 amide bonds. The molecule has 4 heteroatoms. The summed E-state index contributed by atoms with van der Waals surface area (Å²) in [4.78, 5) is 2.44. The van der Waals surface area contributed by atoms with Crippen LogP contribution in [-0.2, 0) is 6.54 Å². The van der Waals surface area contributed by atoms with Crippen molar-refractivity contribution >= 4 is 11.6 Å². The van der Waals surface area contributed by atoms with Crippen LogP contribution in [0.15, 0.2) is 6.07 Å². The average Bonchev–Trinajstić information content (AvgIpc) is 2.37. The fourth-order valence-electron chi connectivity index (χ4n) is 2.47. The molecule has 0 saturated carbocycles. The van der Waals surface area contributed by atoms with Gasteiger partial charge in [-0.25, -0.2) is 0 Å². The molecule has 0 radical (unpaired) electrons. The molecule has 18 heavy (non-hydrogen) atoms. The molecule has 1 aliphatic rings. The number of benzene rings is 1. The summed E-state index contributed by atoms with van der Waals surface area (Å²) in [6, 6.07) is 2.14. The number of hydrogen-bond acceptors (Lipinski definition) is 3. The van der Waals surface area contributed by atoms with E-state index in [0.717, 1.165) is 49.1 Å². The Morgan fingerprint density at radius 2 is 1.94 bits per heavy atom. The molecule has 0 aromatic heterocycles. The monoisotopic (exact) mass is 268 g/mol. The van der Waals surface area contributed by atoms with Crippen LogP contribution in [0, 0.1) is 13.8 Å². The van der Waals surface area contributed by atoms with Gasteiger partial charge < -0.3 is 10.1 Å². The highest BCUT2D eigenvalue weighted by Gasteiger charge is 2.17. The molecule has 100 valence electrons. The van der Waals surface area contributed by atoms with Gasteiger partial charge in [0.25, 0.3) is 0 Å². The molecule has 2 rings (SSSR count). The predicted octanol–water partition coefficient (Wildman–Crippen LogP) is 2.37. The molecule has 0 aliphatic carbocycles. The van der Waals surface area contributed by atoms with E-state index >= 15 is 0 Å². The van der Waals surface area contributed by atoms with Crippen LogP contribution in [0.5, 0.6) is 5.75 Å². The Bertz CT molecular complexity index is 428. The van der Waals surface area contributed by atoms with Crippen molar-refractivity contribution < 1.29 is 4.74 Å². The molecule has 0 atom stereocenters. The maximum Gasteiger partial charge on any atom is 0.142 e. The Balaban J connectivity index is 2.28. The molecule has 0 spiro atoms. The van der Waals surface area contributed by atoms with Crippen LogP contribution in [0.1, 0.15) is 16.7 Å². The van der Waals surface area contributed by atoms with E-state index in [-0.39, 0.29) is 0 Å². The Hall–Kier alpha value is -0.770. The summed E-state index contributed by atoms with van der Waals surface area (Å²) >= 11 is 6.33. The Labute approximate surface area is 114 Å². The minimum atomic E-state index is 0.744. The molecule has 1 aliphatic heterocycles. The number of hydrogen-bond donors (Lipinski definition) is 1. The van der Waals surface area contributed by atoms with E-state index in [4.69, 9.17) is 16.3 Å². The average molecular weight is 269 g/mol. The first-order chi connectivity index (χ1) is 8.63. The van der Waals surface area contributed by atoms with Gasteiger partial charge in [-0.05, 0) is 25.0 Å². The maximum absolute atomic E-state index is 6.33. The highest BCUT2D eigenvalue weighted by atomic mass is 35.5. The van der Waals surface area contributed by atoms with E-state index in [1.54, 1.807) is 7.11 Å². The van der Waals surface area contributed by atoms with Gasteiger partial charge in [0, 0.05) is 38.3 Å². The lowest BCUT2D eigenvalue weighted by molar-refractivity contribution is 0.229. The van der Waals surface area contributed by atoms with Gasteiger partial charge in [-0.3, -0.25) is 4.90 Å². The minimum absolute atomic E-state index is 0.744. The summed E-state index contributed by atoms with van der Waals surface area (Å²) in [6.45, 7) is 9.33. The van der Waals surface area contributed by atoms with Gasteiger partial charge in [0.1, 0.15) is 5.75 Å². The molecular formula is C14H21ClN2O. The fourth-order valence-corrected chi connectivity index (χ4v) is 2.71. The smallest absolute Gasteiger partial charge is 0.142 e. The van der Waals surface area contributed by atoms with Crippen molar-refractivity contribution in [2.75, 3.05) is 33.3 Å². The molecule has 1 N–H and O–H groups in total. The van der Waals surface area contributed by atoms with E-state index in [0.29, 0.717) is 0 Å². The van der Waals surface area contributed by atoms with E-state index < -0.39 is 0 Å². The third-order valence-corrected chi connectivity index (χ3v) is 3.99. The second-order valence-electron chi connectivity index (χ2n) is 4.86. The number of nitrogens with zero attached hydrogens (tertiary/aromatic N) is 1. The van der Waals surface area contributed by atoms with Gasteiger partial charge in [-0.15, -0.1) is 0 Å². The van der Waals surface area contributed by atoms with Crippen LogP contribution >= 0.6 is 11.6 Å². The normalized spacial score (nSPS) is 16.9. The van der Waals surface area contributed by atoms with E-state index in [1.165, 1.54) is 11.1 Å². The van der Waals surface area contributed by atoms with Gasteiger partial charge >= 0.3 is 0 Å². The number of aryl methyl sites for hydroxylation is 2. The van der Waals surface area contributed by atoms with Crippen molar-refractivity contribution in [3.8, 4) is 5.75 Å². The molecule has 0 bridgehead atoms. The number of ether oxygens (including phenoxy) is 1. The van der Waals surface area contributed by atoms with Crippen LogP contribution < -0.4 is 10.1 Å². The predicted molar refractivity (Wildman–Crippen MR) is 75.6 cm³/mol. The molecule has 0 unspecified atom stereocenters. The zero-order valence-electron chi connectivity index (χ0n) is 11.3. The third kappa shape index (κ3) is 2.79. The quantitative estimate of drug-likeness (QED) is 0.911. The van der Waals surface area contributed by atoms with Crippen molar-refractivity contribution in [2.45, 2.75) is 20.4 Å². The van der Waals surface area contributed by atoms with Crippen molar-refractivity contribution in [1.82, 2.24) is 10.2 Å². The van der Waals surface area contributed by atoms with Crippen molar-refractivity contribution in [3.05, 3.63) is 27.8 Å². The van der Waals surface area contributed by atoms with Crippen molar-refractivity contribution in [3.63, 3.8) is 0 Å². The highest BCUT2D eigenvalue weighted by molar-refractivity contribution is 6.33. The van der Waals surface area contributed by atoms with Crippen molar-refractivity contribution in [1.29, 1.82) is 0 Å². The second-order valence-corrected chi connectivity index (χ2v) is 5.24. The summed E-state index contributed by atoms with van der Waals surface area (Å²) in [5.41, 5.74) is 3.55. The summed E-state index contributed by atoms with van der Waals surface area (Å²) in [5.74, 6) is 0.840. The first-order valence-corrected chi connectivity index (χ1v) is 6.77. The Morgan fingerprint density at radius 1 is 1.28 bits per heavy atom. The van der Waals surface area contributed by atoms with Crippen LogP contribution in [0.3, 0.4) is 0 Å². The topological polar surface area (TPSA) is 24.5 Å². The standard InChI is InChI=1S/C14H21ClN2O/c1-10-8-11(2)13(15)14(18-3)12(10)9-17-6-4-16-5-7-17/h8,16H,4-7,9H2,1-3H3. The van der Waals surface area contributed by atoms with Crippen LogP contribution in [0.25, 0.3) is 0 Å².